The Balaban J connectivity index is 1.51. The van der Waals surface area contributed by atoms with Gasteiger partial charge in [-0.25, -0.2) is 4.79 Å². The molecule has 0 amide bonds. The Morgan fingerprint density at radius 2 is 1.62 bits per heavy atom. The lowest BCUT2D eigenvalue weighted by atomic mass is 9.97. The Bertz CT molecular complexity index is 1190. The van der Waals surface area contributed by atoms with E-state index >= 15 is 0 Å². The zero-order valence-corrected chi connectivity index (χ0v) is 22.7. The Labute approximate surface area is 241 Å². The van der Waals surface area contributed by atoms with Crippen molar-refractivity contribution >= 4 is 12.0 Å². The third-order valence-electron chi connectivity index (χ3n) is 7.07. The first-order valence-electron chi connectivity index (χ1n) is 13.4. The molecule has 2 heterocycles. The van der Waals surface area contributed by atoms with E-state index < -0.39 is 74.0 Å². The van der Waals surface area contributed by atoms with E-state index in [2.05, 4.69) is 0 Å². The van der Waals surface area contributed by atoms with E-state index in [0.29, 0.717) is 5.56 Å². The molecule has 0 bridgehead atoms. The van der Waals surface area contributed by atoms with Crippen LogP contribution in [0.3, 0.4) is 0 Å². The lowest BCUT2D eigenvalue weighted by Crippen LogP contribution is -2.65. The minimum absolute atomic E-state index is 0.0361. The van der Waals surface area contributed by atoms with Crippen molar-refractivity contribution in [2.45, 2.75) is 74.8 Å². The van der Waals surface area contributed by atoms with Gasteiger partial charge in [-0.15, -0.1) is 0 Å². The number of rotatable bonds is 10. The van der Waals surface area contributed by atoms with Crippen LogP contribution in [0.2, 0.25) is 0 Å². The number of esters is 1. The number of benzene rings is 2. The second-order valence-corrected chi connectivity index (χ2v) is 10.1. The first-order chi connectivity index (χ1) is 20.1. The van der Waals surface area contributed by atoms with E-state index in [9.17, 15) is 40.5 Å². The van der Waals surface area contributed by atoms with Gasteiger partial charge in [0.15, 0.2) is 30.2 Å². The predicted octanol–water partition coefficient (Wildman–Crippen LogP) is -0.427. The smallest absolute Gasteiger partial charge is 0.331 e. The highest BCUT2D eigenvalue weighted by atomic mass is 16.7. The number of phenols is 2. The minimum atomic E-state index is -1.73. The molecule has 2 aromatic rings. The summed E-state index contributed by atoms with van der Waals surface area (Å²) < 4.78 is 28.4. The highest BCUT2D eigenvalue weighted by molar-refractivity contribution is 5.87. The Morgan fingerprint density at radius 3 is 2.31 bits per heavy atom. The highest BCUT2D eigenvalue weighted by Crippen LogP contribution is 2.31. The number of aromatic hydroxyl groups is 2. The van der Waals surface area contributed by atoms with Crippen molar-refractivity contribution in [1.29, 1.82) is 0 Å². The second-order valence-electron chi connectivity index (χ2n) is 10.1. The van der Waals surface area contributed by atoms with Gasteiger partial charge >= 0.3 is 5.97 Å². The van der Waals surface area contributed by atoms with Crippen molar-refractivity contribution in [3.63, 3.8) is 0 Å². The molecule has 0 aromatic heterocycles. The fraction of sp³-hybridized carbons (Fsp3) is 0.483. The summed E-state index contributed by atoms with van der Waals surface area (Å²) in [5, 5.41) is 71.3. The van der Waals surface area contributed by atoms with E-state index in [-0.39, 0.29) is 24.5 Å². The molecule has 2 saturated heterocycles. The van der Waals surface area contributed by atoms with Gasteiger partial charge in [0.2, 0.25) is 0 Å². The number of hydrogen-bond acceptors (Lipinski definition) is 13. The van der Waals surface area contributed by atoms with Crippen LogP contribution in [0, 0.1) is 0 Å². The standard InChI is InChI=1S/C29H36O13/c1-15-22(34)23(35)24(36)29(39-15)42-27-25(37)28(38-12-11-17-7-9-18(31)19(32)13-17)40-20(14-30)26(27)41-21(33)10-8-16-5-3-2-4-6-16/h2-10,13,15,20,22-32,34-37H,11-12,14H2,1H3/b10-8+/t15-,20+,22-,23+,24+,25+,26+,27+,28+,29-/m0/s1. The maximum absolute atomic E-state index is 12.8. The summed E-state index contributed by atoms with van der Waals surface area (Å²) in [4.78, 5) is 12.8. The van der Waals surface area contributed by atoms with Gasteiger partial charge < -0.3 is 59.4 Å². The Morgan fingerprint density at radius 1 is 0.881 bits per heavy atom. The molecule has 0 radical (unpaired) electrons. The first kappa shape index (κ1) is 31.8. The lowest BCUT2D eigenvalue weighted by Gasteiger charge is -2.46. The van der Waals surface area contributed by atoms with Gasteiger partial charge in [0.25, 0.3) is 0 Å². The second kappa shape index (κ2) is 14.4. The number of aliphatic hydroxyl groups excluding tert-OH is 5. The molecule has 2 aliphatic rings. The lowest BCUT2D eigenvalue weighted by molar-refractivity contribution is -0.357. The van der Waals surface area contributed by atoms with Crippen LogP contribution in [0.15, 0.2) is 54.6 Å². The van der Waals surface area contributed by atoms with Crippen LogP contribution in [-0.2, 0) is 34.9 Å². The third kappa shape index (κ3) is 7.64. The average Bonchev–Trinajstić information content (AvgIpc) is 2.98. The van der Waals surface area contributed by atoms with Crippen LogP contribution in [-0.4, -0.2) is 116 Å². The Hall–Kier alpha value is -3.11. The molecule has 2 aromatic carbocycles. The summed E-state index contributed by atoms with van der Waals surface area (Å²) in [6, 6.07) is 13.2. The van der Waals surface area contributed by atoms with Crippen LogP contribution in [0.1, 0.15) is 18.1 Å². The van der Waals surface area contributed by atoms with Gasteiger partial charge in [-0.05, 0) is 42.7 Å². The summed E-state index contributed by atoms with van der Waals surface area (Å²) >= 11 is 0. The maximum Gasteiger partial charge on any atom is 0.331 e. The maximum atomic E-state index is 12.8. The topological polar surface area (TPSA) is 205 Å². The molecule has 4 rings (SSSR count). The molecule has 0 unspecified atom stereocenters. The van der Waals surface area contributed by atoms with Crippen LogP contribution >= 0.6 is 0 Å². The summed E-state index contributed by atoms with van der Waals surface area (Å²) in [7, 11) is 0. The molecule has 7 N–H and O–H groups in total. The number of aliphatic hydroxyl groups is 5. The Kier molecular flexibility index (Phi) is 10.9. The molecule has 2 aliphatic heterocycles. The fourth-order valence-corrected chi connectivity index (χ4v) is 4.68. The third-order valence-corrected chi connectivity index (χ3v) is 7.07. The molecular formula is C29H36O13. The number of hydrogen-bond donors (Lipinski definition) is 7. The van der Waals surface area contributed by atoms with Crippen LogP contribution in [0.4, 0.5) is 0 Å². The van der Waals surface area contributed by atoms with E-state index in [0.717, 1.165) is 11.6 Å². The van der Waals surface area contributed by atoms with E-state index in [4.69, 9.17) is 23.7 Å². The van der Waals surface area contributed by atoms with Crippen LogP contribution < -0.4 is 0 Å². The molecule has 13 heteroatoms. The monoisotopic (exact) mass is 592 g/mol. The normalized spacial score (nSPS) is 33.5. The highest BCUT2D eigenvalue weighted by Gasteiger charge is 2.52. The summed E-state index contributed by atoms with van der Waals surface area (Å²) in [5.74, 6) is -1.43. The molecule has 0 saturated carbocycles. The summed E-state index contributed by atoms with van der Waals surface area (Å²) in [5.41, 5.74) is 1.33. The van der Waals surface area contributed by atoms with Crippen molar-refractivity contribution in [1.82, 2.24) is 0 Å². The number of ether oxygens (including phenoxy) is 5. The predicted molar refractivity (Wildman–Crippen MR) is 144 cm³/mol. The van der Waals surface area contributed by atoms with Gasteiger partial charge in [-0.3, -0.25) is 0 Å². The van der Waals surface area contributed by atoms with E-state index in [1.807, 2.05) is 6.07 Å². The van der Waals surface area contributed by atoms with Gasteiger partial charge in [0, 0.05) is 6.08 Å². The molecule has 42 heavy (non-hydrogen) atoms. The summed E-state index contributed by atoms with van der Waals surface area (Å²) in [6.45, 7) is 0.738. The van der Waals surface area contributed by atoms with E-state index in [1.54, 1.807) is 30.3 Å². The number of phenolic OH excluding ortho intramolecular Hbond substituents is 2. The average molecular weight is 593 g/mol. The molecular weight excluding hydrogens is 556 g/mol. The van der Waals surface area contributed by atoms with Crippen molar-refractivity contribution < 1.29 is 64.2 Å². The first-order valence-corrected chi connectivity index (χ1v) is 13.4. The van der Waals surface area contributed by atoms with Crippen LogP contribution in [0.25, 0.3) is 6.08 Å². The largest absolute Gasteiger partial charge is 0.504 e. The zero-order valence-electron chi connectivity index (χ0n) is 22.7. The van der Waals surface area contributed by atoms with Gasteiger partial charge in [-0.2, -0.15) is 0 Å². The number of carbonyl (C=O) groups is 1. The zero-order chi connectivity index (χ0) is 30.4. The number of carbonyl (C=O) groups excluding carboxylic acids is 1. The SMILES string of the molecule is C[C@@H]1O[C@@H](O[C@@H]2[C@@H](O)[C@H](OCCc3ccc(O)c(O)c3)O[C@H](CO)[C@H]2OC(=O)/C=C/c2ccccc2)[C@H](O)[C@H](O)[C@H]1O. The van der Waals surface area contributed by atoms with Crippen molar-refractivity contribution in [2.75, 3.05) is 13.2 Å². The molecule has 13 nitrogen and oxygen atoms in total. The van der Waals surface area contributed by atoms with Crippen molar-refractivity contribution in [3.8, 4) is 11.5 Å². The summed E-state index contributed by atoms with van der Waals surface area (Å²) in [6.07, 6.45) is -11.6. The molecule has 2 fully saturated rings. The molecule has 0 aliphatic carbocycles. The fourth-order valence-electron chi connectivity index (χ4n) is 4.68. The van der Waals surface area contributed by atoms with E-state index in [1.165, 1.54) is 25.1 Å². The molecule has 0 spiro atoms. The van der Waals surface area contributed by atoms with Crippen molar-refractivity contribution in [2.24, 2.45) is 0 Å². The van der Waals surface area contributed by atoms with Gasteiger partial charge in [0.05, 0.1) is 19.3 Å². The minimum Gasteiger partial charge on any atom is -0.504 e. The van der Waals surface area contributed by atoms with Gasteiger partial charge in [0.1, 0.15) is 36.6 Å². The van der Waals surface area contributed by atoms with Crippen LogP contribution in [0.5, 0.6) is 11.5 Å². The molecule has 230 valence electrons. The van der Waals surface area contributed by atoms with Crippen molar-refractivity contribution in [3.05, 3.63) is 65.7 Å². The quantitative estimate of drug-likeness (QED) is 0.106. The molecule has 10 atom stereocenters. The van der Waals surface area contributed by atoms with Gasteiger partial charge in [-0.1, -0.05) is 36.4 Å².